The maximum atomic E-state index is 5.46. The molecule has 0 bridgehead atoms. The van der Waals surface area contributed by atoms with Crippen LogP contribution in [-0.4, -0.2) is 25.3 Å². The van der Waals surface area contributed by atoms with Crippen molar-refractivity contribution in [1.29, 1.82) is 0 Å². The molecule has 0 aromatic rings. The van der Waals surface area contributed by atoms with Gasteiger partial charge in [-0.3, -0.25) is 0 Å². The summed E-state index contributed by atoms with van der Waals surface area (Å²) >= 11 is 0. The first-order chi connectivity index (χ1) is 4.60. The first kappa shape index (κ1) is 8.02. The molecule has 1 aliphatic rings. The van der Waals surface area contributed by atoms with Crippen LogP contribution in [0.15, 0.2) is 0 Å². The normalized spacial score (nSPS) is 33.3. The van der Waals surface area contributed by atoms with Crippen molar-refractivity contribution in [2.24, 2.45) is 5.92 Å². The highest BCUT2D eigenvalue weighted by atomic mass is 16.5. The molecule has 1 atom stereocenters. The Hall–Kier alpha value is -0.0800. The average Bonchev–Trinajstić information content (AvgIpc) is 1.94. The molecule has 10 heavy (non-hydrogen) atoms. The molecule has 1 saturated heterocycles. The summed E-state index contributed by atoms with van der Waals surface area (Å²) in [5.74, 6) is 0.654. The quantitative estimate of drug-likeness (QED) is 0.546. The molecule has 60 valence electrons. The van der Waals surface area contributed by atoms with Gasteiger partial charge in [0.1, 0.15) is 0 Å². The fourth-order valence-corrected chi connectivity index (χ4v) is 1.08. The van der Waals surface area contributed by atoms with Crippen molar-refractivity contribution in [1.82, 2.24) is 5.32 Å². The predicted molar refractivity (Wildman–Crippen MR) is 42.1 cm³/mol. The van der Waals surface area contributed by atoms with Crippen molar-refractivity contribution >= 4 is 0 Å². The number of hydrogen-bond acceptors (Lipinski definition) is 2. The van der Waals surface area contributed by atoms with Crippen molar-refractivity contribution < 1.29 is 4.74 Å². The van der Waals surface area contributed by atoms with E-state index in [0.717, 1.165) is 19.8 Å². The second-order valence-electron chi connectivity index (χ2n) is 3.89. The van der Waals surface area contributed by atoms with Crippen LogP contribution in [0.2, 0.25) is 0 Å². The molecule has 0 aromatic heterocycles. The van der Waals surface area contributed by atoms with Gasteiger partial charge in [-0.15, -0.1) is 0 Å². The molecule has 2 heteroatoms. The summed E-state index contributed by atoms with van der Waals surface area (Å²) in [5, 5.41) is 3.45. The molecule has 1 unspecified atom stereocenters. The fraction of sp³-hybridized carbons (Fsp3) is 1.00. The van der Waals surface area contributed by atoms with Gasteiger partial charge in [0, 0.05) is 12.1 Å². The molecule has 1 rings (SSSR count). The van der Waals surface area contributed by atoms with Gasteiger partial charge in [0.05, 0.1) is 13.2 Å². The zero-order valence-electron chi connectivity index (χ0n) is 7.11. The molecule has 1 N–H and O–H groups in total. The van der Waals surface area contributed by atoms with E-state index in [4.69, 9.17) is 4.74 Å². The van der Waals surface area contributed by atoms with Gasteiger partial charge in [0.2, 0.25) is 0 Å². The van der Waals surface area contributed by atoms with E-state index >= 15 is 0 Å². The highest BCUT2D eigenvalue weighted by Crippen LogP contribution is 2.09. The lowest BCUT2D eigenvalue weighted by molar-refractivity contribution is 0.0927. The Morgan fingerprint density at radius 2 is 2.20 bits per heavy atom. The number of ether oxygens (including phenoxy) is 1. The van der Waals surface area contributed by atoms with Crippen LogP contribution in [0.4, 0.5) is 0 Å². The fourth-order valence-electron chi connectivity index (χ4n) is 1.08. The number of hydrogen-bond donors (Lipinski definition) is 1. The van der Waals surface area contributed by atoms with E-state index in [1.807, 2.05) is 0 Å². The maximum Gasteiger partial charge on any atom is 0.0642 e. The van der Waals surface area contributed by atoms with E-state index in [1.165, 1.54) is 0 Å². The van der Waals surface area contributed by atoms with Gasteiger partial charge in [0.15, 0.2) is 0 Å². The van der Waals surface area contributed by atoms with Crippen LogP contribution in [0.5, 0.6) is 0 Å². The van der Waals surface area contributed by atoms with Gasteiger partial charge in [-0.2, -0.15) is 0 Å². The van der Waals surface area contributed by atoms with Crippen LogP contribution in [0.25, 0.3) is 0 Å². The lowest BCUT2D eigenvalue weighted by Crippen LogP contribution is -2.42. The van der Waals surface area contributed by atoms with Crippen molar-refractivity contribution in [2.75, 3.05) is 19.8 Å². The minimum absolute atomic E-state index is 0.171. The molecule has 1 aliphatic heterocycles. The van der Waals surface area contributed by atoms with E-state index < -0.39 is 0 Å². The van der Waals surface area contributed by atoms with E-state index in [0.29, 0.717) is 5.92 Å². The summed E-state index contributed by atoms with van der Waals surface area (Å²) in [6, 6.07) is 0. The summed E-state index contributed by atoms with van der Waals surface area (Å²) in [4.78, 5) is 0. The molecule has 0 spiro atoms. The highest BCUT2D eigenvalue weighted by molar-refractivity contribution is 4.80. The molecule has 0 saturated carbocycles. The van der Waals surface area contributed by atoms with E-state index in [-0.39, 0.29) is 5.54 Å². The second-order valence-corrected chi connectivity index (χ2v) is 3.89. The zero-order chi connectivity index (χ0) is 7.61. The maximum absolute atomic E-state index is 5.46. The van der Waals surface area contributed by atoms with Crippen LogP contribution in [-0.2, 0) is 4.74 Å². The smallest absolute Gasteiger partial charge is 0.0642 e. The Bertz CT molecular complexity index is 112. The summed E-state index contributed by atoms with van der Waals surface area (Å²) in [7, 11) is 0. The van der Waals surface area contributed by atoms with Gasteiger partial charge in [0.25, 0.3) is 0 Å². The topological polar surface area (TPSA) is 21.3 Å². The third-order valence-electron chi connectivity index (χ3n) is 1.79. The molecule has 1 fully saturated rings. The highest BCUT2D eigenvalue weighted by Gasteiger charge is 2.21. The molecule has 0 amide bonds. The Labute approximate surface area is 63.0 Å². The van der Waals surface area contributed by atoms with E-state index in [2.05, 4.69) is 26.1 Å². The molecule has 0 aromatic carbocycles. The summed E-state index contributed by atoms with van der Waals surface area (Å²) in [5.41, 5.74) is 0.171. The Morgan fingerprint density at radius 1 is 1.50 bits per heavy atom. The van der Waals surface area contributed by atoms with Crippen molar-refractivity contribution in [3.05, 3.63) is 0 Å². The van der Waals surface area contributed by atoms with Crippen molar-refractivity contribution in [2.45, 2.75) is 26.3 Å². The van der Waals surface area contributed by atoms with E-state index in [1.54, 1.807) is 0 Å². The molecular formula is C8H17NO. The Morgan fingerprint density at radius 3 is 2.90 bits per heavy atom. The standard InChI is InChI=1S/C8H17NO/c1-7-4-9-8(2,3)6-10-5-7/h7,9H,4-6H2,1-3H3. The average molecular weight is 143 g/mol. The molecule has 0 aliphatic carbocycles. The lowest BCUT2D eigenvalue weighted by Gasteiger charge is -2.22. The monoisotopic (exact) mass is 143 g/mol. The van der Waals surface area contributed by atoms with Gasteiger partial charge in [-0.1, -0.05) is 6.92 Å². The summed E-state index contributed by atoms with van der Waals surface area (Å²) in [6.07, 6.45) is 0. The SMILES string of the molecule is CC1CNC(C)(C)COC1. The van der Waals surface area contributed by atoms with Gasteiger partial charge >= 0.3 is 0 Å². The van der Waals surface area contributed by atoms with E-state index in [9.17, 15) is 0 Å². The molecule has 1 heterocycles. The lowest BCUT2D eigenvalue weighted by atomic mass is 10.1. The van der Waals surface area contributed by atoms with Gasteiger partial charge in [-0.05, 0) is 19.8 Å². The van der Waals surface area contributed by atoms with Gasteiger partial charge < -0.3 is 10.1 Å². The predicted octanol–water partition coefficient (Wildman–Crippen LogP) is 1.02. The zero-order valence-corrected chi connectivity index (χ0v) is 7.11. The van der Waals surface area contributed by atoms with Crippen LogP contribution in [0.3, 0.4) is 0 Å². The van der Waals surface area contributed by atoms with Crippen molar-refractivity contribution in [3.8, 4) is 0 Å². The third kappa shape index (κ3) is 2.27. The Kier molecular flexibility index (Phi) is 2.32. The third-order valence-corrected chi connectivity index (χ3v) is 1.79. The second kappa shape index (κ2) is 2.89. The van der Waals surface area contributed by atoms with Crippen LogP contribution >= 0.6 is 0 Å². The minimum Gasteiger partial charge on any atom is -0.379 e. The summed E-state index contributed by atoms with van der Waals surface area (Å²) < 4.78 is 5.46. The summed E-state index contributed by atoms with van der Waals surface area (Å²) in [6.45, 7) is 9.35. The number of nitrogens with one attached hydrogen (secondary N) is 1. The van der Waals surface area contributed by atoms with Crippen LogP contribution < -0.4 is 5.32 Å². The molecule has 0 radical (unpaired) electrons. The van der Waals surface area contributed by atoms with Crippen molar-refractivity contribution in [3.63, 3.8) is 0 Å². The first-order valence-electron chi connectivity index (χ1n) is 3.93. The van der Waals surface area contributed by atoms with Gasteiger partial charge in [-0.25, -0.2) is 0 Å². The van der Waals surface area contributed by atoms with Crippen LogP contribution in [0, 0.1) is 5.92 Å². The van der Waals surface area contributed by atoms with Crippen LogP contribution in [0.1, 0.15) is 20.8 Å². The first-order valence-corrected chi connectivity index (χ1v) is 3.93. The number of rotatable bonds is 0. The Balaban J connectivity index is 2.41. The largest absolute Gasteiger partial charge is 0.379 e. The molecule has 2 nitrogen and oxygen atoms in total. The minimum atomic E-state index is 0.171. The molecular weight excluding hydrogens is 126 g/mol.